The van der Waals surface area contributed by atoms with Crippen molar-refractivity contribution in [3.63, 3.8) is 0 Å². The van der Waals surface area contributed by atoms with E-state index in [-0.39, 0.29) is 0 Å². The number of hydrogen-bond donors (Lipinski definition) is 0. The van der Waals surface area contributed by atoms with Crippen molar-refractivity contribution in [2.75, 3.05) is 0 Å². The molecule has 0 aliphatic heterocycles. The number of hydrogen-bond acceptors (Lipinski definition) is 0. The summed E-state index contributed by atoms with van der Waals surface area (Å²) in [5, 5.41) is 1.25. The minimum atomic E-state index is 0.614. The van der Waals surface area contributed by atoms with Crippen LogP contribution in [0.5, 0.6) is 0 Å². The predicted molar refractivity (Wildman–Crippen MR) is 49.2 cm³/mol. The lowest BCUT2D eigenvalue weighted by Crippen LogP contribution is -1.72. The van der Waals surface area contributed by atoms with Gasteiger partial charge in [-0.25, -0.2) is 0 Å². The molecule has 0 amide bonds. The maximum absolute atomic E-state index is 5.74. The summed E-state index contributed by atoms with van der Waals surface area (Å²) in [6.45, 7) is 0. The first-order chi connectivity index (χ1) is 4.22. The molecular weight excluding hydrogens is 270 g/mol. The highest BCUT2D eigenvalue weighted by Gasteiger charge is 1.98. The molecule has 3 heteroatoms. The first-order valence-electron chi connectivity index (χ1n) is 2.31. The number of rotatable bonds is 0. The summed E-state index contributed by atoms with van der Waals surface area (Å²) < 4.78 is 0.988. The van der Waals surface area contributed by atoms with Crippen molar-refractivity contribution in [3.8, 4) is 0 Å². The van der Waals surface area contributed by atoms with Gasteiger partial charge in [0, 0.05) is 3.57 Å². The average molecular weight is 273 g/mol. The van der Waals surface area contributed by atoms with Gasteiger partial charge in [0.05, 0.1) is 10.0 Å². The van der Waals surface area contributed by atoms with E-state index in [1.807, 2.05) is 12.1 Å². The highest BCUT2D eigenvalue weighted by Crippen LogP contribution is 2.26. The van der Waals surface area contributed by atoms with E-state index in [0.717, 1.165) is 3.57 Å². The van der Waals surface area contributed by atoms with E-state index in [2.05, 4.69) is 22.6 Å². The largest absolute Gasteiger partial charge is 0.0827 e. The van der Waals surface area contributed by atoms with Gasteiger partial charge in [-0.1, -0.05) is 29.3 Å². The second kappa shape index (κ2) is 3.08. The normalized spacial score (nSPS) is 9.67. The summed E-state index contributed by atoms with van der Waals surface area (Å²) >= 11 is 13.5. The zero-order chi connectivity index (χ0) is 6.85. The molecule has 0 aliphatic carbocycles. The van der Waals surface area contributed by atoms with E-state index >= 15 is 0 Å². The smallest absolute Gasteiger partial charge is 0.0725 e. The zero-order valence-electron chi connectivity index (χ0n) is 4.37. The van der Waals surface area contributed by atoms with Crippen LogP contribution in [0.4, 0.5) is 0 Å². The van der Waals surface area contributed by atoms with Gasteiger partial charge in [0.25, 0.3) is 0 Å². The molecule has 0 radical (unpaired) electrons. The Balaban J connectivity index is 3.25. The highest BCUT2D eigenvalue weighted by molar-refractivity contribution is 14.1. The Morgan fingerprint density at radius 2 is 1.89 bits per heavy atom. The second-order valence-electron chi connectivity index (χ2n) is 1.54. The Kier molecular flexibility index (Phi) is 2.61. The molecule has 0 heterocycles. The van der Waals surface area contributed by atoms with Crippen molar-refractivity contribution >= 4 is 45.8 Å². The van der Waals surface area contributed by atoms with Gasteiger partial charge < -0.3 is 0 Å². The molecule has 0 N–H and O–H groups in total. The molecule has 1 aromatic carbocycles. The molecule has 1 rings (SSSR count). The molecule has 0 fully saturated rings. The Labute approximate surface area is 77.3 Å². The van der Waals surface area contributed by atoms with Crippen molar-refractivity contribution in [1.82, 2.24) is 0 Å². The maximum Gasteiger partial charge on any atom is 0.0725 e. The summed E-state index contributed by atoms with van der Waals surface area (Å²) in [5.74, 6) is 0. The minimum absolute atomic E-state index is 0.614. The monoisotopic (exact) mass is 272 g/mol. The first-order valence-corrected chi connectivity index (χ1v) is 4.15. The van der Waals surface area contributed by atoms with Crippen LogP contribution in [0.15, 0.2) is 18.2 Å². The van der Waals surface area contributed by atoms with Gasteiger partial charge in [-0.15, -0.1) is 0 Å². The van der Waals surface area contributed by atoms with Crippen molar-refractivity contribution in [2.45, 2.75) is 0 Å². The minimum Gasteiger partial charge on any atom is -0.0827 e. The Bertz CT molecular complexity index is 202. The number of benzene rings is 1. The lowest BCUT2D eigenvalue weighted by molar-refractivity contribution is 1.64. The SMILES string of the molecule is Clc1cccc(I)c1Cl. The van der Waals surface area contributed by atoms with E-state index in [0.29, 0.717) is 10.0 Å². The van der Waals surface area contributed by atoms with Crippen molar-refractivity contribution in [3.05, 3.63) is 31.8 Å². The van der Waals surface area contributed by atoms with Gasteiger partial charge in [0.15, 0.2) is 0 Å². The fourth-order valence-electron chi connectivity index (χ4n) is 0.477. The fraction of sp³-hybridized carbons (Fsp3) is 0. The Hall–Kier alpha value is 0.530. The molecule has 0 spiro atoms. The van der Waals surface area contributed by atoms with Crippen LogP contribution in [0, 0.1) is 3.57 Å². The summed E-state index contributed by atoms with van der Waals surface area (Å²) in [5.41, 5.74) is 0. The molecule has 0 aliphatic rings. The molecule has 0 bridgehead atoms. The third-order valence-corrected chi connectivity index (χ3v) is 2.94. The van der Waals surface area contributed by atoms with Crippen LogP contribution in [0.1, 0.15) is 0 Å². The van der Waals surface area contributed by atoms with Gasteiger partial charge in [0.2, 0.25) is 0 Å². The molecule has 0 saturated heterocycles. The van der Waals surface area contributed by atoms with Gasteiger partial charge in [-0.2, -0.15) is 0 Å². The van der Waals surface area contributed by atoms with Crippen LogP contribution in [0.3, 0.4) is 0 Å². The lowest BCUT2D eigenvalue weighted by Gasteiger charge is -1.94. The molecule has 0 unspecified atom stereocenters. The molecular formula is C6H3Cl2I. The van der Waals surface area contributed by atoms with Gasteiger partial charge in [0.1, 0.15) is 0 Å². The topological polar surface area (TPSA) is 0 Å². The lowest BCUT2D eigenvalue weighted by atomic mass is 10.4. The van der Waals surface area contributed by atoms with Crippen LogP contribution in [0.2, 0.25) is 10.0 Å². The van der Waals surface area contributed by atoms with E-state index in [1.165, 1.54) is 0 Å². The molecule has 0 nitrogen and oxygen atoms in total. The molecule has 0 saturated carbocycles. The fourth-order valence-corrected chi connectivity index (χ4v) is 1.44. The second-order valence-corrected chi connectivity index (χ2v) is 3.48. The zero-order valence-corrected chi connectivity index (χ0v) is 8.04. The molecule has 48 valence electrons. The molecule has 9 heavy (non-hydrogen) atoms. The van der Waals surface area contributed by atoms with Crippen LogP contribution in [-0.4, -0.2) is 0 Å². The van der Waals surface area contributed by atoms with Crippen LogP contribution < -0.4 is 0 Å². The maximum atomic E-state index is 5.74. The average Bonchev–Trinajstić information content (AvgIpc) is 1.83. The third kappa shape index (κ3) is 1.72. The Morgan fingerprint density at radius 1 is 1.22 bits per heavy atom. The highest BCUT2D eigenvalue weighted by atomic mass is 127. The van der Waals surface area contributed by atoms with Crippen LogP contribution in [-0.2, 0) is 0 Å². The number of halogens is 3. The van der Waals surface area contributed by atoms with E-state index in [4.69, 9.17) is 23.2 Å². The summed E-state index contributed by atoms with van der Waals surface area (Å²) in [4.78, 5) is 0. The van der Waals surface area contributed by atoms with Crippen molar-refractivity contribution in [2.24, 2.45) is 0 Å². The summed E-state index contributed by atoms with van der Waals surface area (Å²) in [7, 11) is 0. The third-order valence-electron chi connectivity index (χ3n) is 0.904. The first kappa shape index (κ1) is 7.63. The molecule has 0 aromatic heterocycles. The summed E-state index contributed by atoms with van der Waals surface area (Å²) in [6.07, 6.45) is 0. The molecule has 1 aromatic rings. The molecule has 0 atom stereocenters. The Morgan fingerprint density at radius 3 is 2.33 bits per heavy atom. The van der Waals surface area contributed by atoms with E-state index in [9.17, 15) is 0 Å². The van der Waals surface area contributed by atoms with E-state index in [1.54, 1.807) is 6.07 Å². The van der Waals surface area contributed by atoms with Crippen molar-refractivity contribution < 1.29 is 0 Å². The van der Waals surface area contributed by atoms with Crippen LogP contribution in [0.25, 0.3) is 0 Å². The predicted octanol–water partition coefficient (Wildman–Crippen LogP) is 3.60. The quantitative estimate of drug-likeness (QED) is 0.500. The summed E-state index contributed by atoms with van der Waals surface area (Å²) in [6, 6.07) is 5.55. The van der Waals surface area contributed by atoms with Crippen LogP contribution >= 0.6 is 45.8 Å². The van der Waals surface area contributed by atoms with Crippen molar-refractivity contribution in [1.29, 1.82) is 0 Å². The van der Waals surface area contributed by atoms with Gasteiger partial charge >= 0.3 is 0 Å². The van der Waals surface area contributed by atoms with E-state index < -0.39 is 0 Å². The standard InChI is InChI=1S/C6H3Cl2I/c7-4-2-1-3-5(9)6(4)8/h1-3H. The van der Waals surface area contributed by atoms with Gasteiger partial charge in [-0.3, -0.25) is 0 Å². The van der Waals surface area contributed by atoms with Gasteiger partial charge in [-0.05, 0) is 34.7 Å².